The molecule has 2 rings (SSSR count). The molecule has 0 aliphatic heterocycles. The molecular weight excluding hydrogens is 315 g/mol. The first-order valence-electron chi connectivity index (χ1n) is 4.31. The van der Waals surface area contributed by atoms with Crippen molar-refractivity contribution in [3.05, 3.63) is 55.6 Å². The van der Waals surface area contributed by atoms with Gasteiger partial charge in [-0.05, 0) is 29.1 Å². The molecule has 4 heteroatoms. The van der Waals surface area contributed by atoms with Crippen molar-refractivity contribution in [2.75, 3.05) is 0 Å². The zero-order valence-corrected chi connectivity index (χ0v) is 11.5. The van der Waals surface area contributed by atoms with Gasteiger partial charge >= 0.3 is 0 Å². The smallest absolute Gasteiger partial charge is 0.0942 e. The predicted octanol–water partition coefficient (Wildman–Crippen LogP) is 5.49. The van der Waals surface area contributed by atoms with Crippen LogP contribution in [0, 0.1) is 0 Å². The molecule has 0 saturated carbocycles. The van der Waals surface area contributed by atoms with Crippen molar-refractivity contribution in [3.8, 4) is 0 Å². The van der Waals surface area contributed by atoms with Gasteiger partial charge in [0.1, 0.15) is 0 Å². The Morgan fingerprint density at radius 1 is 1.27 bits per heavy atom. The van der Waals surface area contributed by atoms with Crippen molar-refractivity contribution in [1.29, 1.82) is 0 Å². The summed E-state index contributed by atoms with van der Waals surface area (Å²) >= 11 is 17.5. The molecule has 0 N–H and O–H groups in total. The molecule has 0 amide bonds. The first-order valence-corrected chi connectivity index (χ1v) is 6.79. The Balaban J connectivity index is 2.38. The standard InChI is InChI=1S/C11H7BrCl2S/c12-7-3-4-8(9(13)6-7)11(14)10-2-1-5-15-10/h1-6,11H. The highest BCUT2D eigenvalue weighted by molar-refractivity contribution is 9.10. The minimum atomic E-state index is -0.161. The van der Waals surface area contributed by atoms with E-state index in [1.165, 1.54) is 0 Å². The van der Waals surface area contributed by atoms with Gasteiger partial charge in [-0.25, -0.2) is 0 Å². The van der Waals surface area contributed by atoms with Gasteiger partial charge < -0.3 is 0 Å². The number of hydrogen-bond donors (Lipinski definition) is 0. The summed E-state index contributed by atoms with van der Waals surface area (Å²) in [5, 5.41) is 2.54. The average Bonchev–Trinajstić information content (AvgIpc) is 2.69. The third-order valence-electron chi connectivity index (χ3n) is 2.03. The minimum absolute atomic E-state index is 0.161. The molecule has 15 heavy (non-hydrogen) atoms. The van der Waals surface area contributed by atoms with Crippen LogP contribution < -0.4 is 0 Å². The maximum atomic E-state index is 6.34. The topological polar surface area (TPSA) is 0 Å². The lowest BCUT2D eigenvalue weighted by atomic mass is 10.1. The summed E-state index contributed by atoms with van der Waals surface area (Å²) in [7, 11) is 0. The first-order chi connectivity index (χ1) is 7.18. The summed E-state index contributed by atoms with van der Waals surface area (Å²) in [5.41, 5.74) is 0.948. The molecule has 0 nitrogen and oxygen atoms in total. The zero-order chi connectivity index (χ0) is 10.8. The average molecular weight is 322 g/mol. The van der Waals surface area contributed by atoms with Gasteiger partial charge in [0, 0.05) is 14.4 Å². The number of benzene rings is 1. The molecule has 1 unspecified atom stereocenters. The lowest BCUT2D eigenvalue weighted by Crippen LogP contribution is -1.91. The third-order valence-corrected chi connectivity index (χ3v) is 4.39. The Morgan fingerprint density at radius 2 is 2.07 bits per heavy atom. The second kappa shape index (κ2) is 4.88. The molecule has 78 valence electrons. The Labute approximate surface area is 111 Å². The number of halogens is 3. The van der Waals surface area contributed by atoms with E-state index in [0.717, 1.165) is 14.9 Å². The summed E-state index contributed by atoms with van der Waals surface area (Å²) in [4.78, 5) is 1.11. The highest BCUT2D eigenvalue weighted by atomic mass is 79.9. The van der Waals surface area contributed by atoms with Crippen molar-refractivity contribution >= 4 is 50.5 Å². The molecule has 1 heterocycles. The minimum Gasteiger partial charge on any atom is -0.147 e. The van der Waals surface area contributed by atoms with Crippen LogP contribution in [0.4, 0.5) is 0 Å². The van der Waals surface area contributed by atoms with Crippen LogP contribution >= 0.6 is 50.5 Å². The van der Waals surface area contributed by atoms with E-state index < -0.39 is 0 Å². The lowest BCUT2D eigenvalue weighted by Gasteiger charge is -2.09. The van der Waals surface area contributed by atoms with Crippen LogP contribution in [0.3, 0.4) is 0 Å². The van der Waals surface area contributed by atoms with Crippen LogP contribution in [0.2, 0.25) is 5.02 Å². The van der Waals surface area contributed by atoms with E-state index in [0.29, 0.717) is 5.02 Å². The second-order valence-electron chi connectivity index (χ2n) is 3.04. The van der Waals surface area contributed by atoms with E-state index >= 15 is 0 Å². The largest absolute Gasteiger partial charge is 0.147 e. The molecule has 0 saturated heterocycles. The molecule has 2 aromatic rings. The molecule has 0 radical (unpaired) electrons. The second-order valence-corrected chi connectivity index (χ2v) is 5.78. The van der Waals surface area contributed by atoms with Gasteiger partial charge in [-0.3, -0.25) is 0 Å². The van der Waals surface area contributed by atoms with E-state index in [9.17, 15) is 0 Å². The van der Waals surface area contributed by atoms with E-state index in [-0.39, 0.29) is 5.38 Å². The fraction of sp³-hybridized carbons (Fsp3) is 0.0909. The summed E-state index contributed by atoms with van der Waals surface area (Å²) < 4.78 is 0.964. The summed E-state index contributed by atoms with van der Waals surface area (Å²) in [6, 6.07) is 9.76. The molecule has 1 atom stereocenters. The lowest BCUT2D eigenvalue weighted by molar-refractivity contribution is 1.18. The Hall–Kier alpha value is -0.0200. The van der Waals surface area contributed by atoms with E-state index in [2.05, 4.69) is 15.9 Å². The summed E-state index contributed by atoms with van der Waals surface area (Å²) in [6.07, 6.45) is 0. The van der Waals surface area contributed by atoms with Crippen molar-refractivity contribution < 1.29 is 0 Å². The maximum Gasteiger partial charge on any atom is 0.0942 e. The molecule has 0 fully saturated rings. The van der Waals surface area contributed by atoms with E-state index in [1.807, 2.05) is 35.7 Å². The van der Waals surface area contributed by atoms with Gasteiger partial charge in [0.05, 0.1) is 5.38 Å². The van der Waals surface area contributed by atoms with E-state index in [4.69, 9.17) is 23.2 Å². The maximum absolute atomic E-state index is 6.34. The van der Waals surface area contributed by atoms with Gasteiger partial charge in [-0.2, -0.15) is 0 Å². The van der Waals surface area contributed by atoms with Gasteiger partial charge in [-0.1, -0.05) is 39.7 Å². The van der Waals surface area contributed by atoms with Gasteiger partial charge in [0.15, 0.2) is 0 Å². The number of alkyl halides is 1. The van der Waals surface area contributed by atoms with Crippen LogP contribution in [-0.2, 0) is 0 Å². The van der Waals surface area contributed by atoms with Crippen LogP contribution in [0.5, 0.6) is 0 Å². The van der Waals surface area contributed by atoms with Crippen LogP contribution in [0.15, 0.2) is 40.2 Å². The van der Waals surface area contributed by atoms with Crippen molar-refractivity contribution in [3.63, 3.8) is 0 Å². The monoisotopic (exact) mass is 320 g/mol. The summed E-state index contributed by atoms with van der Waals surface area (Å²) in [6.45, 7) is 0. The van der Waals surface area contributed by atoms with Crippen LogP contribution in [0.1, 0.15) is 15.8 Å². The van der Waals surface area contributed by atoms with Gasteiger partial charge in [0.25, 0.3) is 0 Å². The van der Waals surface area contributed by atoms with E-state index in [1.54, 1.807) is 11.3 Å². The normalized spacial score (nSPS) is 12.7. The van der Waals surface area contributed by atoms with Crippen molar-refractivity contribution in [2.24, 2.45) is 0 Å². The van der Waals surface area contributed by atoms with Gasteiger partial charge in [0.2, 0.25) is 0 Å². The molecule has 0 aliphatic carbocycles. The quantitative estimate of drug-likeness (QED) is 0.641. The highest BCUT2D eigenvalue weighted by Crippen LogP contribution is 2.36. The summed E-state index contributed by atoms with van der Waals surface area (Å²) in [5.74, 6) is 0. The fourth-order valence-corrected chi connectivity index (χ4v) is 3.27. The SMILES string of the molecule is Clc1cc(Br)ccc1C(Cl)c1cccs1. The molecule has 0 spiro atoms. The van der Waals surface area contributed by atoms with Crippen molar-refractivity contribution in [1.82, 2.24) is 0 Å². The number of rotatable bonds is 2. The predicted molar refractivity (Wildman–Crippen MR) is 71.2 cm³/mol. The fourth-order valence-electron chi connectivity index (χ4n) is 1.30. The number of thiophene rings is 1. The van der Waals surface area contributed by atoms with Crippen LogP contribution in [0.25, 0.3) is 0 Å². The Kier molecular flexibility index (Phi) is 3.73. The zero-order valence-electron chi connectivity index (χ0n) is 7.58. The molecule has 0 aliphatic rings. The van der Waals surface area contributed by atoms with Crippen molar-refractivity contribution in [2.45, 2.75) is 5.38 Å². The molecule has 0 bridgehead atoms. The Morgan fingerprint density at radius 3 is 2.67 bits per heavy atom. The Bertz CT molecular complexity index is 454. The number of hydrogen-bond acceptors (Lipinski definition) is 1. The molecule has 1 aromatic heterocycles. The first kappa shape index (κ1) is 11.5. The van der Waals surface area contributed by atoms with Crippen LogP contribution in [-0.4, -0.2) is 0 Å². The van der Waals surface area contributed by atoms with Gasteiger partial charge in [-0.15, -0.1) is 22.9 Å². The highest BCUT2D eigenvalue weighted by Gasteiger charge is 2.14. The molecule has 1 aromatic carbocycles. The molecular formula is C11H7BrCl2S. The third kappa shape index (κ3) is 2.56.